The number of anilines is 2. The van der Waals surface area contributed by atoms with Gasteiger partial charge in [0.1, 0.15) is 11.6 Å². The van der Waals surface area contributed by atoms with Gasteiger partial charge in [-0.2, -0.15) is 5.10 Å². The number of fused-ring (bicyclic) bond motifs is 3. The second-order valence-electron chi connectivity index (χ2n) is 9.46. The molecular weight excluding hydrogens is 442 g/mol. The van der Waals surface area contributed by atoms with E-state index < -0.39 is 0 Å². The van der Waals surface area contributed by atoms with Crippen LogP contribution in [0.4, 0.5) is 11.5 Å². The fourth-order valence-electron chi connectivity index (χ4n) is 4.87. The van der Waals surface area contributed by atoms with Crippen molar-refractivity contribution in [2.24, 2.45) is 7.05 Å². The van der Waals surface area contributed by atoms with E-state index in [1.54, 1.807) is 22.0 Å². The average molecular weight is 470 g/mol. The Labute approximate surface area is 203 Å². The number of aromatic nitrogens is 5. The van der Waals surface area contributed by atoms with Crippen LogP contribution in [0.2, 0.25) is 0 Å². The van der Waals surface area contributed by atoms with Gasteiger partial charge in [-0.15, -0.1) is 0 Å². The van der Waals surface area contributed by atoms with Crippen molar-refractivity contribution >= 4 is 28.3 Å². The maximum Gasteiger partial charge on any atom is 0.261 e. The zero-order valence-corrected chi connectivity index (χ0v) is 20.0. The van der Waals surface area contributed by atoms with Crippen molar-refractivity contribution in [3.8, 4) is 0 Å². The van der Waals surface area contributed by atoms with Gasteiger partial charge < -0.3 is 15.4 Å². The molecule has 3 aromatic heterocycles. The Morgan fingerprint density at radius 2 is 2.03 bits per heavy atom. The molecule has 0 bridgehead atoms. The lowest BCUT2D eigenvalue weighted by Gasteiger charge is -2.22. The number of benzene rings is 1. The third-order valence-electron chi connectivity index (χ3n) is 6.84. The van der Waals surface area contributed by atoms with Crippen LogP contribution >= 0.6 is 0 Å². The smallest absolute Gasteiger partial charge is 0.261 e. The number of nitrogens with two attached hydrogens (primary N) is 1. The van der Waals surface area contributed by atoms with E-state index in [0.29, 0.717) is 30.5 Å². The van der Waals surface area contributed by atoms with Crippen LogP contribution in [0.5, 0.6) is 0 Å². The van der Waals surface area contributed by atoms with E-state index in [2.05, 4.69) is 20.1 Å². The largest absolute Gasteiger partial charge is 0.383 e. The van der Waals surface area contributed by atoms with Gasteiger partial charge >= 0.3 is 0 Å². The molecule has 0 saturated heterocycles. The number of hydrogen-bond donors (Lipinski definition) is 1. The molecule has 1 amide bonds. The van der Waals surface area contributed by atoms with Crippen molar-refractivity contribution < 1.29 is 9.53 Å². The number of carbonyl (C=O) groups is 1. The monoisotopic (exact) mass is 469 g/mol. The standard InChI is InChI=1S/C26H27N7O2/c1-14-22(12-32(3)31-14)33(26(34)18-9-28-25(29-10-18)17-5-6-17)11-16-4-7-19-20-13-35-15(2)23(20)24(27)30-21(19)8-16/h4,7-10,12,15,17H,5-6,11,13H2,1-3H3,(H2,27,30)/t15-/m1/s1. The third kappa shape index (κ3) is 3.81. The molecule has 2 aliphatic rings. The third-order valence-corrected chi connectivity index (χ3v) is 6.84. The molecular formula is C26H27N7O2. The number of pyridine rings is 1. The van der Waals surface area contributed by atoms with Gasteiger partial charge in [-0.3, -0.25) is 9.48 Å². The van der Waals surface area contributed by atoms with Gasteiger partial charge in [-0.25, -0.2) is 15.0 Å². The Hall–Kier alpha value is -3.85. The van der Waals surface area contributed by atoms with Crippen molar-refractivity contribution in [1.82, 2.24) is 24.7 Å². The summed E-state index contributed by atoms with van der Waals surface area (Å²) in [6.45, 7) is 4.76. The molecule has 0 unspecified atom stereocenters. The van der Waals surface area contributed by atoms with Gasteiger partial charge in [0.05, 0.1) is 41.7 Å². The quantitative estimate of drug-likeness (QED) is 0.471. The van der Waals surface area contributed by atoms with Gasteiger partial charge in [0.15, 0.2) is 0 Å². The molecule has 0 spiro atoms. The highest BCUT2D eigenvalue weighted by atomic mass is 16.5. The minimum absolute atomic E-state index is 0.0585. The fourth-order valence-corrected chi connectivity index (χ4v) is 4.87. The first-order valence-electron chi connectivity index (χ1n) is 11.9. The van der Waals surface area contributed by atoms with E-state index in [-0.39, 0.29) is 12.0 Å². The molecule has 35 heavy (non-hydrogen) atoms. The highest BCUT2D eigenvalue weighted by Crippen LogP contribution is 2.39. The summed E-state index contributed by atoms with van der Waals surface area (Å²) in [5.41, 5.74) is 12.0. The molecule has 4 heterocycles. The van der Waals surface area contributed by atoms with E-state index in [4.69, 9.17) is 10.5 Å². The lowest BCUT2D eigenvalue weighted by molar-refractivity contribution is 0.0801. The molecule has 9 nitrogen and oxygen atoms in total. The summed E-state index contributed by atoms with van der Waals surface area (Å²) in [6, 6.07) is 6.07. The fraction of sp³-hybridized carbons (Fsp3) is 0.346. The number of nitrogens with zero attached hydrogens (tertiary/aromatic N) is 6. The predicted octanol–water partition coefficient (Wildman–Crippen LogP) is 3.96. The summed E-state index contributed by atoms with van der Waals surface area (Å²) < 4.78 is 7.51. The lowest BCUT2D eigenvalue weighted by Crippen LogP contribution is -2.31. The van der Waals surface area contributed by atoms with Crippen LogP contribution in [0.15, 0.2) is 36.8 Å². The molecule has 178 valence electrons. The molecule has 1 aliphatic carbocycles. The van der Waals surface area contributed by atoms with Gasteiger partial charge in [-0.05, 0) is 43.9 Å². The second kappa shape index (κ2) is 8.13. The Morgan fingerprint density at radius 1 is 1.26 bits per heavy atom. The zero-order chi connectivity index (χ0) is 24.3. The predicted molar refractivity (Wildman–Crippen MR) is 132 cm³/mol. The Balaban J connectivity index is 1.37. The van der Waals surface area contributed by atoms with Gasteiger partial charge in [0.25, 0.3) is 5.91 Å². The van der Waals surface area contributed by atoms with Crippen LogP contribution in [-0.4, -0.2) is 30.6 Å². The molecule has 1 fully saturated rings. The highest BCUT2D eigenvalue weighted by Gasteiger charge is 2.28. The highest BCUT2D eigenvalue weighted by molar-refractivity contribution is 6.06. The SMILES string of the molecule is Cc1nn(C)cc1N(Cc1ccc2c3c(c(N)nc2c1)[C@@H](C)OC3)C(=O)c1cnc(C2CC2)nc1. The number of nitrogen functional groups attached to an aromatic ring is 1. The van der Waals surface area contributed by atoms with Crippen molar-refractivity contribution in [1.29, 1.82) is 0 Å². The van der Waals surface area contributed by atoms with Crippen LogP contribution < -0.4 is 10.6 Å². The summed E-state index contributed by atoms with van der Waals surface area (Å²) in [6.07, 6.45) is 7.29. The van der Waals surface area contributed by atoms with Crippen LogP contribution in [-0.2, 0) is 24.9 Å². The van der Waals surface area contributed by atoms with Crippen LogP contribution in [0.1, 0.15) is 70.4 Å². The summed E-state index contributed by atoms with van der Waals surface area (Å²) in [5.74, 6) is 1.57. The van der Waals surface area contributed by atoms with Crippen LogP contribution in [0.25, 0.3) is 10.9 Å². The molecule has 2 N–H and O–H groups in total. The zero-order valence-electron chi connectivity index (χ0n) is 20.0. The number of hydrogen-bond acceptors (Lipinski definition) is 7. The first-order chi connectivity index (χ1) is 16.9. The van der Waals surface area contributed by atoms with Crippen molar-refractivity contribution in [3.63, 3.8) is 0 Å². The van der Waals surface area contributed by atoms with E-state index in [1.807, 2.05) is 45.3 Å². The van der Waals surface area contributed by atoms with Crippen LogP contribution in [0.3, 0.4) is 0 Å². The molecule has 1 aromatic carbocycles. The first-order valence-corrected chi connectivity index (χ1v) is 11.9. The molecule has 1 aliphatic heterocycles. The number of amides is 1. The lowest BCUT2D eigenvalue weighted by atomic mass is 10.0. The summed E-state index contributed by atoms with van der Waals surface area (Å²) >= 11 is 0. The van der Waals surface area contributed by atoms with Crippen molar-refractivity contribution in [2.75, 3.05) is 10.6 Å². The molecule has 1 atom stereocenters. The van der Waals surface area contributed by atoms with E-state index in [0.717, 1.165) is 57.6 Å². The number of aryl methyl sites for hydroxylation is 2. The second-order valence-corrected chi connectivity index (χ2v) is 9.46. The van der Waals surface area contributed by atoms with E-state index in [1.165, 1.54) is 0 Å². The topological polar surface area (TPSA) is 112 Å². The Bertz CT molecular complexity index is 1460. The number of ether oxygens (including phenoxy) is 1. The maximum absolute atomic E-state index is 13.7. The minimum Gasteiger partial charge on any atom is -0.383 e. The molecule has 6 rings (SSSR count). The summed E-state index contributed by atoms with van der Waals surface area (Å²) in [4.78, 5) is 28.9. The molecule has 1 saturated carbocycles. The Kier molecular flexibility index (Phi) is 5.03. The molecule has 0 radical (unpaired) electrons. The number of rotatable bonds is 5. The normalized spacial score (nSPS) is 17.1. The Morgan fingerprint density at radius 3 is 2.71 bits per heavy atom. The molecule has 4 aromatic rings. The molecule has 9 heteroatoms. The number of carbonyl (C=O) groups excluding carboxylic acids is 1. The minimum atomic E-state index is -0.174. The van der Waals surface area contributed by atoms with Crippen LogP contribution in [0, 0.1) is 6.92 Å². The first kappa shape index (κ1) is 21.7. The van der Waals surface area contributed by atoms with Crippen molar-refractivity contribution in [2.45, 2.75) is 51.9 Å². The van der Waals surface area contributed by atoms with Gasteiger partial charge in [0.2, 0.25) is 0 Å². The summed E-state index contributed by atoms with van der Waals surface area (Å²) in [5, 5.41) is 5.48. The average Bonchev–Trinajstić information content (AvgIpc) is 3.54. The van der Waals surface area contributed by atoms with E-state index >= 15 is 0 Å². The summed E-state index contributed by atoms with van der Waals surface area (Å²) in [7, 11) is 1.85. The van der Waals surface area contributed by atoms with Crippen molar-refractivity contribution in [3.05, 3.63) is 70.6 Å². The van der Waals surface area contributed by atoms with Gasteiger partial charge in [0, 0.05) is 42.5 Å². The van der Waals surface area contributed by atoms with Gasteiger partial charge in [-0.1, -0.05) is 12.1 Å². The van der Waals surface area contributed by atoms with E-state index in [9.17, 15) is 4.79 Å². The maximum atomic E-state index is 13.7.